The minimum absolute atomic E-state index is 0.0679. The third-order valence-corrected chi connectivity index (χ3v) is 3.18. The van der Waals surface area contributed by atoms with E-state index in [2.05, 4.69) is 22.4 Å². The lowest BCUT2D eigenvalue weighted by atomic mass is 10.0. The van der Waals surface area contributed by atoms with Crippen LogP contribution in [0, 0.1) is 0 Å². The SMILES string of the molecule is CNC(c1ccccc1)c1cnc2ccccc2n1. The van der Waals surface area contributed by atoms with Crippen LogP contribution < -0.4 is 5.32 Å². The fraction of sp³-hybridized carbons (Fsp3) is 0.125. The van der Waals surface area contributed by atoms with E-state index in [9.17, 15) is 0 Å². The van der Waals surface area contributed by atoms with Crippen molar-refractivity contribution in [2.24, 2.45) is 0 Å². The molecule has 3 aromatic rings. The van der Waals surface area contributed by atoms with Gasteiger partial charge in [0.2, 0.25) is 0 Å². The summed E-state index contributed by atoms with van der Waals surface area (Å²) in [7, 11) is 1.94. The standard InChI is InChI=1S/C16H15N3/c1-17-16(12-7-3-2-4-8-12)15-11-18-13-9-5-6-10-14(13)19-15/h2-11,16-17H,1H3. The molecule has 1 aromatic heterocycles. The molecular weight excluding hydrogens is 234 g/mol. The summed E-state index contributed by atoms with van der Waals surface area (Å²) in [6.07, 6.45) is 1.84. The second-order valence-corrected chi connectivity index (χ2v) is 4.42. The van der Waals surface area contributed by atoms with Crippen LogP contribution >= 0.6 is 0 Å². The van der Waals surface area contributed by atoms with Crippen LogP contribution in [0.25, 0.3) is 11.0 Å². The number of fused-ring (bicyclic) bond motifs is 1. The number of para-hydroxylation sites is 2. The van der Waals surface area contributed by atoms with E-state index in [4.69, 9.17) is 4.98 Å². The summed E-state index contributed by atoms with van der Waals surface area (Å²) >= 11 is 0. The summed E-state index contributed by atoms with van der Waals surface area (Å²) in [5, 5.41) is 3.30. The van der Waals surface area contributed by atoms with Crippen molar-refractivity contribution in [1.82, 2.24) is 15.3 Å². The van der Waals surface area contributed by atoms with Crippen molar-refractivity contribution < 1.29 is 0 Å². The first-order valence-electron chi connectivity index (χ1n) is 6.32. The van der Waals surface area contributed by atoms with Crippen LogP contribution in [0.15, 0.2) is 60.8 Å². The van der Waals surface area contributed by atoms with Crippen molar-refractivity contribution in [3.63, 3.8) is 0 Å². The van der Waals surface area contributed by atoms with Gasteiger partial charge in [0, 0.05) is 0 Å². The molecule has 0 aliphatic carbocycles. The Morgan fingerprint density at radius 3 is 2.32 bits per heavy atom. The van der Waals surface area contributed by atoms with Gasteiger partial charge in [-0.3, -0.25) is 4.98 Å². The van der Waals surface area contributed by atoms with Crippen molar-refractivity contribution in [3.8, 4) is 0 Å². The van der Waals surface area contributed by atoms with E-state index in [0.29, 0.717) is 0 Å². The molecular formula is C16H15N3. The third-order valence-electron chi connectivity index (χ3n) is 3.18. The molecule has 94 valence electrons. The second kappa shape index (κ2) is 5.16. The van der Waals surface area contributed by atoms with Crippen LogP contribution in [0.5, 0.6) is 0 Å². The lowest BCUT2D eigenvalue weighted by Crippen LogP contribution is -2.19. The lowest BCUT2D eigenvalue weighted by Gasteiger charge is -2.16. The topological polar surface area (TPSA) is 37.8 Å². The molecule has 1 atom stereocenters. The maximum atomic E-state index is 4.70. The quantitative estimate of drug-likeness (QED) is 0.775. The molecule has 0 spiro atoms. The lowest BCUT2D eigenvalue weighted by molar-refractivity contribution is 0.671. The van der Waals surface area contributed by atoms with E-state index < -0.39 is 0 Å². The maximum absolute atomic E-state index is 4.70. The molecule has 1 N–H and O–H groups in total. The molecule has 3 heteroatoms. The minimum Gasteiger partial charge on any atom is -0.308 e. The molecule has 3 nitrogen and oxygen atoms in total. The molecule has 1 heterocycles. The average Bonchev–Trinajstić information content (AvgIpc) is 2.49. The normalized spacial score (nSPS) is 12.5. The van der Waals surface area contributed by atoms with Crippen molar-refractivity contribution in [2.75, 3.05) is 7.05 Å². The number of hydrogen-bond donors (Lipinski definition) is 1. The van der Waals surface area contributed by atoms with Crippen molar-refractivity contribution in [3.05, 3.63) is 72.1 Å². The zero-order chi connectivity index (χ0) is 13.1. The largest absolute Gasteiger partial charge is 0.308 e. The first-order chi connectivity index (χ1) is 9.38. The highest BCUT2D eigenvalue weighted by molar-refractivity contribution is 5.73. The highest BCUT2D eigenvalue weighted by Crippen LogP contribution is 2.20. The van der Waals surface area contributed by atoms with Crippen LogP contribution in [0.1, 0.15) is 17.3 Å². The first-order valence-corrected chi connectivity index (χ1v) is 6.32. The third kappa shape index (κ3) is 2.33. The summed E-state index contributed by atoms with van der Waals surface area (Å²) in [5.41, 5.74) is 3.98. The van der Waals surface area contributed by atoms with Gasteiger partial charge >= 0.3 is 0 Å². The highest BCUT2D eigenvalue weighted by Gasteiger charge is 2.13. The van der Waals surface area contributed by atoms with Gasteiger partial charge in [-0.05, 0) is 24.7 Å². The Labute approximate surface area is 112 Å². The molecule has 0 amide bonds. The van der Waals surface area contributed by atoms with Crippen LogP contribution in [-0.2, 0) is 0 Å². The number of rotatable bonds is 3. The van der Waals surface area contributed by atoms with E-state index in [1.54, 1.807) is 0 Å². The summed E-state index contributed by atoms with van der Waals surface area (Å²) in [6.45, 7) is 0. The predicted molar refractivity (Wildman–Crippen MR) is 76.9 cm³/mol. The minimum atomic E-state index is 0.0679. The molecule has 0 bridgehead atoms. The van der Waals surface area contributed by atoms with E-state index >= 15 is 0 Å². The molecule has 19 heavy (non-hydrogen) atoms. The van der Waals surface area contributed by atoms with E-state index in [0.717, 1.165) is 16.7 Å². The van der Waals surface area contributed by atoms with Gasteiger partial charge in [-0.15, -0.1) is 0 Å². The number of nitrogens with zero attached hydrogens (tertiary/aromatic N) is 2. The predicted octanol–water partition coefficient (Wildman–Crippen LogP) is 2.94. The Hall–Kier alpha value is -2.26. The molecule has 3 rings (SSSR count). The number of aromatic nitrogens is 2. The highest BCUT2D eigenvalue weighted by atomic mass is 14.9. The molecule has 0 aliphatic rings. The summed E-state index contributed by atoms with van der Waals surface area (Å²) in [4.78, 5) is 9.17. The maximum Gasteiger partial charge on any atom is 0.0890 e. The van der Waals surface area contributed by atoms with Gasteiger partial charge in [0.15, 0.2) is 0 Å². The Morgan fingerprint density at radius 1 is 0.895 bits per heavy atom. The number of benzene rings is 2. The summed E-state index contributed by atoms with van der Waals surface area (Å²) < 4.78 is 0. The summed E-state index contributed by atoms with van der Waals surface area (Å²) in [6, 6.07) is 18.3. The average molecular weight is 249 g/mol. The van der Waals surface area contributed by atoms with Crippen molar-refractivity contribution in [2.45, 2.75) is 6.04 Å². The van der Waals surface area contributed by atoms with Crippen molar-refractivity contribution >= 4 is 11.0 Å². The van der Waals surface area contributed by atoms with Gasteiger partial charge in [-0.1, -0.05) is 42.5 Å². The zero-order valence-electron chi connectivity index (χ0n) is 10.7. The van der Waals surface area contributed by atoms with Crippen LogP contribution in [0.2, 0.25) is 0 Å². The van der Waals surface area contributed by atoms with Crippen LogP contribution in [0.3, 0.4) is 0 Å². The second-order valence-electron chi connectivity index (χ2n) is 4.42. The fourth-order valence-corrected chi connectivity index (χ4v) is 2.24. The first kappa shape index (κ1) is 11.8. The van der Waals surface area contributed by atoms with Crippen LogP contribution in [0.4, 0.5) is 0 Å². The van der Waals surface area contributed by atoms with Gasteiger partial charge in [-0.25, -0.2) is 4.98 Å². The number of hydrogen-bond acceptors (Lipinski definition) is 3. The zero-order valence-corrected chi connectivity index (χ0v) is 10.7. The van der Waals surface area contributed by atoms with Gasteiger partial charge in [0.05, 0.1) is 29.0 Å². The van der Waals surface area contributed by atoms with Crippen LogP contribution in [-0.4, -0.2) is 17.0 Å². The van der Waals surface area contributed by atoms with Gasteiger partial charge in [-0.2, -0.15) is 0 Å². The summed E-state index contributed by atoms with van der Waals surface area (Å²) in [5.74, 6) is 0. The molecule has 2 aromatic carbocycles. The molecule has 0 aliphatic heterocycles. The molecule has 0 saturated carbocycles. The van der Waals surface area contributed by atoms with Gasteiger partial charge in [0.25, 0.3) is 0 Å². The van der Waals surface area contributed by atoms with Gasteiger partial charge in [0.1, 0.15) is 0 Å². The molecule has 0 saturated heterocycles. The Balaban J connectivity index is 2.06. The fourth-order valence-electron chi connectivity index (χ4n) is 2.24. The van der Waals surface area contributed by atoms with Crippen molar-refractivity contribution in [1.29, 1.82) is 0 Å². The van der Waals surface area contributed by atoms with E-state index in [1.165, 1.54) is 5.56 Å². The molecule has 0 fully saturated rings. The Kier molecular flexibility index (Phi) is 3.21. The molecule has 1 unspecified atom stereocenters. The van der Waals surface area contributed by atoms with E-state index in [1.807, 2.05) is 55.7 Å². The van der Waals surface area contributed by atoms with Gasteiger partial charge < -0.3 is 5.32 Å². The molecule has 0 radical (unpaired) electrons. The number of nitrogens with one attached hydrogen (secondary N) is 1. The monoisotopic (exact) mass is 249 g/mol. The Morgan fingerprint density at radius 2 is 1.58 bits per heavy atom. The Bertz CT molecular complexity index is 680. The smallest absolute Gasteiger partial charge is 0.0890 e. The van der Waals surface area contributed by atoms with E-state index in [-0.39, 0.29) is 6.04 Å².